The molecule has 39 heavy (non-hydrogen) atoms. The third-order valence-electron chi connectivity index (χ3n) is 6.78. The molecular formula is C30H25N3O5S. The number of anilines is 1. The van der Waals surface area contributed by atoms with Crippen molar-refractivity contribution in [1.29, 1.82) is 0 Å². The molecule has 0 saturated carbocycles. The van der Waals surface area contributed by atoms with Gasteiger partial charge in [-0.05, 0) is 60.9 Å². The number of aromatic nitrogens is 2. The van der Waals surface area contributed by atoms with E-state index in [2.05, 4.69) is 10.2 Å². The number of ketones is 1. The van der Waals surface area contributed by atoms with E-state index in [0.717, 1.165) is 16.9 Å². The lowest BCUT2D eigenvalue weighted by Gasteiger charge is -2.22. The van der Waals surface area contributed by atoms with Crippen LogP contribution in [0.15, 0.2) is 78.4 Å². The molecule has 4 aromatic rings. The van der Waals surface area contributed by atoms with Crippen molar-refractivity contribution in [2.24, 2.45) is 0 Å². The first-order valence-electron chi connectivity index (χ1n) is 12.6. The molecule has 196 valence electrons. The van der Waals surface area contributed by atoms with Gasteiger partial charge in [-0.15, -0.1) is 10.2 Å². The van der Waals surface area contributed by atoms with Crippen LogP contribution in [0.1, 0.15) is 40.2 Å². The molecule has 9 heteroatoms. The minimum atomic E-state index is -0.885. The molecule has 2 aliphatic heterocycles. The van der Waals surface area contributed by atoms with Crippen LogP contribution in [0.5, 0.6) is 11.5 Å². The van der Waals surface area contributed by atoms with Crippen molar-refractivity contribution in [3.8, 4) is 11.5 Å². The number of amides is 1. The van der Waals surface area contributed by atoms with Gasteiger partial charge in [0.25, 0.3) is 5.78 Å². The van der Waals surface area contributed by atoms with Crippen molar-refractivity contribution in [2.75, 3.05) is 4.90 Å². The van der Waals surface area contributed by atoms with Crippen molar-refractivity contribution in [1.82, 2.24) is 10.2 Å². The van der Waals surface area contributed by atoms with E-state index in [1.165, 1.54) is 16.2 Å². The Morgan fingerprint density at radius 3 is 2.56 bits per heavy atom. The number of aliphatic hydroxyl groups is 1. The second kappa shape index (κ2) is 9.99. The van der Waals surface area contributed by atoms with E-state index in [9.17, 15) is 14.7 Å². The zero-order chi connectivity index (χ0) is 27.1. The van der Waals surface area contributed by atoms with Gasteiger partial charge >= 0.3 is 5.91 Å². The van der Waals surface area contributed by atoms with Gasteiger partial charge in [0.2, 0.25) is 5.13 Å². The molecule has 2 aliphatic rings. The van der Waals surface area contributed by atoms with E-state index in [1.54, 1.807) is 43.3 Å². The second-order valence-electron chi connectivity index (χ2n) is 9.57. The van der Waals surface area contributed by atoms with Gasteiger partial charge in [0, 0.05) is 12.0 Å². The summed E-state index contributed by atoms with van der Waals surface area (Å²) in [5.41, 5.74) is 3.06. The largest absolute Gasteiger partial charge is 0.507 e. The minimum Gasteiger partial charge on any atom is -0.507 e. The molecule has 6 rings (SSSR count). The molecule has 2 atom stereocenters. The Morgan fingerprint density at radius 1 is 1.08 bits per heavy atom. The molecule has 0 radical (unpaired) electrons. The van der Waals surface area contributed by atoms with Crippen LogP contribution in [-0.4, -0.2) is 33.1 Å². The lowest BCUT2D eigenvalue weighted by molar-refractivity contribution is -0.132. The Hall–Kier alpha value is -4.50. The summed E-state index contributed by atoms with van der Waals surface area (Å²) in [5.74, 6) is -0.389. The molecule has 0 unspecified atom stereocenters. The molecule has 0 spiro atoms. The maximum Gasteiger partial charge on any atom is 0.301 e. The van der Waals surface area contributed by atoms with Crippen LogP contribution < -0.4 is 14.4 Å². The summed E-state index contributed by atoms with van der Waals surface area (Å²) in [6, 6.07) is 21.4. The van der Waals surface area contributed by atoms with Gasteiger partial charge in [0.15, 0.2) is 0 Å². The number of benzene rings is 3. The van der Waals surface area contributed by atoms with E-state index >= 15 is 0 Å². The van der Waals surface area contributed by atoms with Gasteiger partial charge in [-0.3, -0.25) is 14.5 Å². The molecule has 3 aromatic carbocycles. The number of aliphatic hydroxyl groups excluding tert-OH is 1. The number of hydrogen-bond acceptors (Lipinski definition) is 8. The fraction of sp³-hybridized carbons (Fsp3) is 0.200. The van der Waals surface area contributed by atoms with Crippen LogP contribution in [-0.2, 0) is 22.6 Å². The molecular weight excluding hydrogens is 514 g/mol. The van der Waals surface area contributed by atoms with Crippen molar-refractivity contribution >= 4 is 33.9 Å². The Labute approximate surface area is 229 Å². The van der Waals surface area contributed by atoms with Gasteiger partial charge in [-0.1, -0.05) is 53.8 Å². The van der Waals surface area contributed by atoms with Crippen molar-refractivity contribution in [2.45, 2.75) is 39.0 Å². The number of fused-ring (bicyclic) bond motifs is 1. The fourth-order valence-electron chi connectivity index (χ4n) is 4.94. The first kappa shape index (κ1) is 24.8. The molecule has 0 aliphatic carbocycles. The lowest BCUT2D eigenvalue weighted by Crippen LogP contribution is -2.29. The minimum absolute atomic E-state index is 0.00211. The third-order valence-corrected chi connectivity index (χ3v) is 7.62. The van der Waals surface area contributed by atoms with Crippen LogP contribution in [0, 0.1) is 6.92 Å². The third kappa shape index (κ3) is 4.66. The zero-order valence-electron chi connectivity index (χ0n) is 21.3. The average Bonchev–Trinajstić information content (AvgIpc) is 3.62. The van der Waals surface area contributed by atoms with Gasteiger partial charge in [-0.25, -0.2) is 0 Å². The maximum absolute atomic E-state index is 13.4. The maximum atomic E-state index is 13.4. The predicted octanol–water partition coefficient (Wildman–Crippen LogP) is 5.38. The first-order chi connectivity index (χ1) is 18.9. The predicted molar refractivity (Wildman–Crippen MR) is 147 cm³/mol. The highest BCUT2D eigenvalue weighted by molar-refractivity contribution is 7.15. The molecule has 1 amide bonds. The van der Waals surface area contributed by atoms with Crippen LogP contribution in [0.25, 0.3) is 5.76 Å². The Kier molecular flexibility index (Phi) is 6.36. The van der Waals surface area contributed by atoms with Crippen molar-refractivity contribution in [3.63, 3.8) is 0 Å². The van der Waals surface area contributed by atoms with Crippen LogP contribution in [0.3, 0.4) is 0 Å². The normalized spacial score (nSPS) is 19.7. The van der Waals surface area contributed by atoms with Crippen molar-refractivity contribution in [3.05, 3.63) is 106 Å². The molecule has 3 heterocycles. The first-order valence-corrected chi connectivity index (χ1v) is 13.4. The zero-order valence-corrected chi connectivity index (χ0v) is 22.1. The molecule has 1 saturated heterocycles. The monoisotopic (exact) mass is 539 g/mol. The fourth-order valence-corrected chi connectivity index (χ4v) is 5.65. The summed E-state index contributed by atoms with van der Waals surface area (Å²) in [6.07, 6.45) is 0.731. The Balaban J connectivity index is 1.39. The molecule has 1 aromatic heterocycles. The average molecular weight is 540 g/mol. The number of Topliss-reactive ketones (excluding diaryl/α,β-unsaturated/α-hetero) is 1. The highest BCUT2D eigenvalue weighted by Gasteiger charge is 2.48. The molecule has 8 nitrogen and oxygen atoms in total. The number of ether oxygens (including phenoxy) is 2. The molecule has 1 N–H and O–H groups in total. The van der Waals surface area contributed by atoms with Crippen LogP contribution in [0.4, 0.5) is 5.13 Å². The quantitative estimate of drug-likeness (QED) is 0.200. The van der Waals surface area contributed by atoms with Crippen LogP contribution in [0.2, 0.25) is 0 Å². The number of hydrogen-bond donors (Lipinski definition) is 1. The highest BCUT2D eigenvalue weighted by atomic mass is 32.1. The summed E-state index contributed by atoms with van der Waals surface area (Å²) in [7, 11) is 0. The van der Waals surface area contributed by atoms with Gasteiger partial charge < -0.3 is 14.6 Å². The number of aryl methyl sites for hydroxylation is 1. The molecule has 0 bridgehead atoms. The number of carbonyl (C=O) groups is 2. The van der Waals surface area contributed by atoms with E-state index in [-0.39, 0.29) is 17.4 Å². The Morgan fingerprint density at radius 2 is 1.85 bits per heavy atom. The number of rotatable bonds is 6. The van der Waals surface area contributed by atoms with E-state index in [4.69, 9.17) is 9.47 Å². The summed E-state index contributed by atoms with van der Waals surface area (Å²) in [6.45, 7) is 4.16. The summed E-state index contributed by atoms with van der Waals surface area (Å²) in [4.78, 5) is 28.0. The van der Waals surface area contributed by atoms with Gasteiger partial charge in [-0.2, -0.15) is 0 Å². The summed E-state index contributed by atoms with van der Waals surface area (Å²) >= 11 is 1.21. The smallest absolute Gasteiger partial charge is 0.301 e. The number of nitrogens with zero attached hydrogens (tertiary/aromatic N) is 3. The van der Waals surface area contributed by atoms with Gasteiger partial charge in [0.1, 0.15) is 35.0 Å². The summed E-state index contributed by atoms with van der Waals surface area (Å²) in [5, 5.41) is 20.6. The lowest BCUT2D eigenvalue weighted by atomic mass is 9.94. The van der Waals surface area contributed by atoms with E-state index in [1.807, 2.05) is 43.3 Å². The standard InChI is InChI=1S/C30H25N3O5S/c1-17-14-22-15-21(10-13-24(22)38-17)27(34)25-26(33(29(36)28(25)35)30-32-31-18(2)39-30)20-8-11-23(12-9-20)37-16-19-6-4-3-5-7-19/h3-13,15,17,26,34H,14,16H2,1-2H3/b27-25+/t17-,26-/m0/s1. The Bertz CT molecular complexity index is 1600. The summed E-state index contributed by atoms with van der Waals surface area (Å²) < 4.78 is 11.7. The SMILES string of the molecule is Cc1nnc(N2C(=O)C(=O)/C(=C(/O)c3ccc4c(c3)C[C@H](C)O4)[C@@H]2c2ccc(OCc3ccccc3)cc2)s1. The van der Waals surface area contributed by atoms with E-state index in [0.29, 0.717) is 40.0 Å². The topological polar surface area (TPSA) is 102 Å². The number of carbonyl (C=O) groups excluding carboxylic acids is 2. The molecule has 1 fully saturated rings. The van der Waals surface area contributed by atoms with Crippen molar-refractivity contribution < 1.29 is 24.2 Å². The van der Waals surface area contributed by atoms with Gasteiger partial charge in [0.05, 0.1) is 11.6 Å². The second-order valence-corrected chi connectivity index (χ2v) is 10.7. The van der Waals surface area contributed by atoms with E-state index < -0.39 is 17.7 Å². The highest BCUT2D eigenvalue weighted by Crippen LogP contribution is 2.44. The van der Waals surface area contributed by atoms with Crippen LogP contribution >= 0.6 is 11.3 Å².